The molecule has 0 saturated heterocycles. The number of rotatable bonds is 4. The van der Waals surface area contributed by atoms with Gasteiger partial charge in [-0.05, 0) is 40.7 Å². The molecule has 4 heteroatoms. The first kappa shape index (κ1) is 23.8. The van der Waals surface area contributed by atoms with E-state index in [9.17, 15) is 0 Å². The Morgan fingerprint density at radius 3 is 1.45 bits per heavy atom. The van der Waals surface area contributed by atoms with E-state index in [1.807, 2.05) is 0 Å². The molecule has 0 bridgehead atoms. The summed E-state index contributed by atoms with van der Waals surface area (Å²) in [7, 11) is 0. The van der Waals surface area contributed by atoms with E-state index in [4.69, 9.17) is 19.5 Å². The van der Waals surface area contributed by atoms with Crippen molar-refractivity contribution in [2.24, 2.45) is 26.2 Å². The molecule has 0 fully saturated rings. The van der Waals surface area contributed by atoms with Crippen LogP contribution in [0.25, 0.3) is 0 Å². The molecule has 0 saturated carbocycles. The standard InChI is InChI=1S/C27H42N2O2/c1-24(2,3)19-13-11-18(12-14-19)15-27(10,22-28-20(16-30-22)25(4,5)6)23-29-21(17-31-23)26(7,8)9/h11-14,20-21H,15-17H2,1-10H3/t20-,21-/m0/s1. The lowest BCUT2D eigenvalue weighted by molar-refractivity contribution is 0.210. The van der Waals surface area contributed by atoms with Crippen molar-refractivity contribution in [2.45, 2.75) is 93.2 Å². The van der Waals surface area contributed by atoms with Gasteiger partial charge in [0.25, 0.3) is 0 Å². The van der Waals surface area contributed by atoms with Gasteiger partial charge < -0.3 is 9.47 Å². The van der Waals surface area contributed by atoms with Crippen LogP contribution in [0.2, 0.25) is 0 Å². The summed E-state index contributed by atoms with van der Waals surface area (Å²) in [5, 5.41) is 0. The van der Waals surface area contributed by atoms with Crippen molar-refractivity contribution in [2.75, 3.05) is 13.2 Å². The summed E-state index contributed by atoms with van der Waals surface area (Å²) in [6.07, 6.45) is 0.753. The van der Waals surface area contributed by atoms with Gasteiger partial charge in [0.1, 0.15) is 18.6 Å². The van der Waals surface area contributed by atoms with E-state index in [-0.39, 0.29) is 28.3 Å². The molecule has 172 valence electrons. The van der Waals surface area contributed by atoms with Crippen molar-refractivity contribution in [1.29, 1.82) is 0 Å². The Morgan fingerprint density at radius 1 is 0.710 bits per heavy atom. The molecule has 2 aliphatic rings. The van der Waals surface area contributed by atoms with Gasteiger partial charge in [0.15, 0.2) is 11.8 Å². The van der Waals surface area contributed by atoms with Crippen LogP contribution in [0.4, 0.5) is 0 Å². The van der Waals surface area contributed by atoms with E-state index in [0.717, 1.165) is 18.2 Å². The Balaban J connectivity index is 1.98. The van der Waals surface area contributed by atoms with Crippen molar-refractivity contribution in [3.63, 3.8) is 0 Å². The number of hydrogen-bond acceptors (Lipinski definition) is 4. The molecule has 0 aromatic heterocycles. The molecule has 31 heavy (non-hydrogen) atoms. The lowest BCUT2D eigenvalue weighted by Gasteiger charge is -2.28. The van der Waals surface area contributed by atoms with Crippen LogP contribution in [0.15, 0.2) is 34.3 Å². The summed E-state index contributed by atoms with van der Waals surface area (Å²) < 4.78 is 12.5. The lowest BCUT2D eigenvalue weighted by Crippen LogP contribution is -2.39. The summed E-state index contributed by atoms with van der Waals surface area (Å²) in [4.78, 5) is 10.1. The van der Waals surface area contributed by atoms with Gasteiger partial charge in [0, 0.05) is 0 Å². The van der Waals surface area contributed by atoms with E-state index in [1.54, 1.807) is 0 Å². The molecule has 3 rings (SSSR count). The largest absolute Gasteiger partial charge is 0.478 e. The van der Waals surface area contributed by atoms with Crippen molar-refractivity contribution in [3.05, 3.63) is 35.4 Å². The second kappa shape index (κ2) is 7.94. The van der Waals surface area contributed by atoms with E-state index >= 15 is 0 Å². The minimum atomic E-state index is -0.511. The maximum Gasteiger partial charge on any atom is 0.199 e. The van der Waals surface area contributed by atoms with E-state index in [0.29, 0.717) is 13.2 Å². The molecular formula is C27H42N2O2. The van der Waals surface area contributed by atoms with Gasteiger partial charge in [-0.3, -0.25) is 0 Å². The Kier molecular flexibility index (Phi) is 6.10. The third-order valence-corrected chi connectivity index (χ3v) is 6.62. The van der Waals surface area contributed by atoms with Gasteiger partial charge in [0.05, 0.1) is 12.1 Å². The molecule has 2 atom stereocenters. The van der Waals surface area contributed by atoms with Gasteiger partial charge >= 0.3 is 0 Å². The van der Waals surface area contributed by atoms with Gasteiger partial charge in [-0.25, -0.2) is 9.98 Å². The molecule has 2 heterocycles. The average Bonchev–Trinajstić information content (AvgIpc) is 3.31. The van der Waals surface area contributed by atoms with Crippen molar-refractivity contribution < 1.29 is 9.47 Å². The second-order valence-electron chi connectivity index (χ2n) is 12.7. The number of ether oxygens (including phenoxy) is 2. The molecule has 2 aliphatic heterocycles. The van der Waals surface area contributed by atoms with Crippen LogP contribution in [0.5, 0.6) is 0 Å². The average molecular weight is 427 g/mol. The first-order valence-corrected chi connectivity index (χ1v) is 11.6. The zero-order valence-corrected chi connectivity index (χ0v) is 21.3. The zero-order chi connectivity index (χ0) is 23.2. The third kappa shape index (κ3) is 5.15. The smallest absolute Gasteiger partial charge is 0.199 e. The Labute approximate surface area is 189 Å². The summed E-state index contributed by atoms with van der Waals surface area (Å²) in [5.41, 5.74) is 2.32. The molecule has 0 spiro atoms. The predicted molar refractivity (Wildman–Crippen MR) is 130 cm³/mol. The lowest BCUT2D eigenvalue weighted by atomic mass is 9.81. The first-order valence-electron chi connectivity index (χ1n) is 11.6. The van der Waals surface area contributed by atoms with E-state index in [2.05, 4.69) is 93.5 Å². The van der Waals surface area contributed by atoms with Gasteiger partial charge in [0.2, 0.25) is 0 Å². The van der Waals surface area contributed by atoms with E-state index in [1.165, 1.54) is 11.1 Å². The van der Waals surface area contributed by atoms with Gasteiger partial charge in [-0.15, -0.1) is 0 Å². The molecule has 0 amide bonds. The SMILES string of the molecule is CC(Cc1ccc(C(C)(C)C)cc1)(C1=N[C@H](C(C)(C)C)CO1)C1=N[C@H](C(C)(C)C)CO1. The highest BCUT2D eigenvalue weighted by atomic mass is 16.5. The molecule has 1 aromatic carbocycles. The predicted octanol–water partition coefficient (Wildman–Crippen LogP) is 6.22. The number of benzene rings is 1. The molecule has 0 radical (unpaired) electrons. The second-order valence-corrected chi connectivity index (χ2v) is 12.7. The topological polar surface area (TPSA) is 43.2 Å². The van der Waals surface area contributed by atoms with Crippen molar-refractivity contribution in [3.8, 4) is 0 Å². The van der Waals surface area contributed by atoms with Crippen LogP contribution in [0.3, 0.4) is 0 Å². The minimum Gasteiger partial charge on any atom is -0.478 e. The fraction of sp³-hybridized carbons (Fsp3) is 0.704. The Bertz CT molecular complexity index is 805. The normalized spacial score (nSPS) is 22.6. The van der Waals surface area contributed by atoms with Gasteiger partial charge in [-0.2, -0.15) is 0 Å². The van der Waals surface area contributed by atoms with Crippen LogP contribution >= 0.6 is 0 Å². The molecule has 0 aliphatic carbocycles. The number of hydrogen-bond donors (Lipinski definition) is 0. The molecule has 0 N–H and O–H groups in total. The monoisotopic (exact) mass is 426 g/mol. The summed E-state index contributed by atoms with van der Waals surface area (Å²) in [5.74, 6) is 1.53. The highest BCUT2D eigenvalue weighted by molar-refractivity contribution is 6.06. The Morgan fingerprint density at radius 2 is 1.13 bits per heavy atom. The minimum absolute atomic E-state index is 0.0588. The van der Waals surface area contributed by atoms with Crippen LogP contribution in [0, 0.1) is 16.2 Å². The van der Waals surface area contributed by atoms with Crippen LogP contribution in [0.1, 0.15) is 80.4 Å². The van der Waals surface area contributed by atoms with Gasteiger partial charge in [-0.1, -0.05) is 86.6 Å². The zero-order valence-electron chi connectivity index (χ0n) is 21.3. The fourth-order valence-corrected chi connectivity index (χ4v) is 4.01. The molecular weight excluding hydrogens is 384 g/mol. The molecule has 1 aromatic rings. The third-order valence-electron chi connectivity index (χ3n) is 6.62. The van der Waals surface area contributed by atoms with Crippen LogP contribution < -0.4 is 0 Å². The molecule has 4 nitrogen and oxygen atoms in total. The highest BCUT2D eigenvalue weighted by Crippen LogP contribution is 2.38. The fourth-order valence-electron chi connectivity index (χ4n) is 4.01. The van der Waals surface area contributed by atoms with Crippen molar-refractivity contribution in [1.82, 2.24) is 0 Å². The van der Waals surface area contributed by atoms with Crippen LogP contribution in [-0.4, -0.2) is 37.1 Å². The van der Waals surface area contributed by atoms with E-state index < -0.39 is 5.41 Å². The number of nitrogens with zero attached hydrogens (tertiary/aromatic N) is 2. The number of aliphatic imine (C=N–C) groups is 2. The van der Waals surface area contributed by atoms with Crippen LogP contribution in [-0.2, 0) is 21.3 Å². The summed E-state index contributed by atoms with van der Waals surface area (Å²) >= 11 is 0. The van der Waals surface area contributed by atoms with Crippen molar-refractivity contribution >= 4 is 11.8 Å². The maximum atomic E-state index is 6.23. The summed E-state index contributed by atoms with van der Waals surface area (Å²) in [6, 6.07) is 9.22. The molecule has 0 unspecified atom stereocenters. The first-order chi connectivity index (χ1) is 14.1. The maximum absolute atomic E-state index is 6.23. The summed E-state index contributed by atoms with van der Waals surface area (Å²) in [6.45, 7) is 23.5. The quantitative estimate of drug-likeness (QED) is 0.573. The highest BCUT2D eigenvalue weighted by Gasteiger charge is 2.47. The Hall–Kier alpha value is -1.84.